The highest BCUT2D eigenvalue weighted by Gasteiger charge is 2.56. The van der Waals surface area contributed by atoms with Crippen LogP contribution >= 0.6 is 0 Å². The fourth-order valence-corrected chi connectivity index (χ4v) is 4.44. The summed E-state index contributed by atoms with van der Waals surface area (Å²) in [6, 6.07) is 3.79. The van der Waals surface area contributed by atoms with Gasteiger partial charge in [-0.05, 0) is 51.4 Å². The van der Waals surface area contributed by atoms with Crippen LogP contribution in [0.25, 0.3) is 0 Å². The van der Waals surface area contributed by atoms with Gasteiger partial charge in [-0.1, -0.05) is 0 Å². The van der Waals surface area contributed by atoms with E-state index in [9.17, 15) is 15.3 Å². The Hall–Kier alpha value is -1.83. The molecule has 7 nitrogen and oxygen atoms in total. The van der Waals surface area contributed by atoms with Crippen molar-refractivity contribution in [3.63, 3.8) is 0 Å². The number of nitrogens with zero attached hydrogens (tertiary/aromatic N) is 4. The Balaban J connectivity index is 1.72. The average molecular weight is 372 g/mol. The van der Waals surface area contributed by atoms with Crippen LogP contribution in [0.1, 0.15) is 52.4 Å². The fourth-order valence-electron chi connectivity index (χ4n) is 4.44. The molecule has 0 bridgehead atoms. The molecule has 4 fully saturated rings. The van der Waals surface area contributed by atoms with Gasteiger partial charge in [0.1, 0.15) is 12.2 Å². The third-order valence-corrected chi connectivity index (χ3v) is 6.12. The summed E-state index contributed by atoms with van der Waals surface area (Å²) < 4.78 is 12.4. The van der Waals surface area contributed by atoms with Crippen molar-refractivity contribution >= 4 is 6.03 Å². The van der Waals surface area contributed by atoms with Crippen LogP contribution < -0.4 is 0 Å². The molecular weight excluding hydrogens is 344 g/mol. The maximum Gasteiger partial charge on any atom is 0.320 e. The molecule has 0 aromatic rings. The predicted octanol–water partition coefficient (Wildman–Crippen LogP) is 2.63. The van der Waals surface area contributed by atoms with E-state index in [-0.39, 0.29) is 43.2 Å². The van der Waals surface area contributed by atoms with Crippen molar-refractivity contribution in [2.75, 3.05) is 13.1 Å². The molecule has 0 unspecified atom stereocenters. The van der Waals surface area contributed by atoms with Crippen molar-refractivity contribution < 1.29 is 14.3 Å². The van der Waals surface area contributed by atoms with Crippen LogP contribution in [0, 0.1) is 34.5 Å². The Morgan fingerprint density at radius 3 is 1.67 bits per heavy atom. The minimum atomic E-state index is -0.784. The van der Waals surface area contributed by atoms with E-state index in [0.29, 0.717) is 24.9 Å². The van der Waals surface area contributed by atoms with Gasteiger partial charge in [-0.15, -0.1) is 0 Å². The number of rotatable bonds is 6. The largest absolute Gasteiger partial charge is 0.342 e. The normalized spacial score (nSPS) is 35.3. The molecular formula is C20H28N4O3. The molecule has 2 saturated carbocycles. The van der Waals surface area contributed by atoms with Crippen molar-refractivity contribution in [3.05, 3.63) is 0 Å². The van der Waals surface area contributed by atoms with Crippen molar-refractivity contribution in [2.24, 2.45) is 11.8 Å². The Morgan fingerprint density at radius 1 is 0.926 bits per heavy atom. The second-order valence-corrected chi connectivity index (χ2v) is 8.90. The van der Waals surface area contributed by atoms with Gasteiger partial charge in [0.25, 0.3) is 0 Å². The molecule has 0 aromatic carbocycles. The number of hydrogen-bond donors (Lipinski definition) is 0. The molecule has 27 heavy (non-hydrogen) atoms. The van der Waals surface area contributed by atoms with Crippen LogP contribution in [0.2, 0.25) is 0 Å². The van der Waals surface area contributed by atoms with Crippen molar-refractivity contribution in [3.8, 4) is 12.1 Å². The third-order valence-electron chi connectivity index (χ3n) is 6.12. The Kier molecular flexibility index (Phi) is 4.78. The van der Waals surface area contributed by atoms with Gasteiger partial charge in [-0.2, -0.15) is 10.5 Å². The summed E-state index contributed by atoms with van der Waals surface area (Å²) in [4.78, 5) is 17.3. The maximum absolute atomic E-state index is 13.6. The van der Waals surface area contributed by atoms with Gasteiger partial charge in [0, 0.05) is 13.1 Å². The molecule has 0 spiro atoms. The minimum absolute atomic E-state index is 0.0475. The SMILES string of the molecule is CC1(C)O[C@@H]2[C@@H](O1)[C@@H](CC#N)N(CC1CC1)C(=O)N(CC1CC1)[C@@H]2CC#N. The van der Waals surface area contributed by atoms with Crippen molar-refractivity contribution in [1.82, 2.24) is 9.80 Å². The van der Waals surface area contributed by atoms with Crippen LogP contribution in [0.4, 0.5) is 4.79 Å². The molecule has 4 atom stereocenters. The van der Waals surface area contributed by atoms with Crippen LogP contribution in [0.5, 0.6) is 0 Å². The summed E-state index contributed by atoms with van der Waals surface area (Å²) in [7, 11) is 0. The predicted molar refractivity (Wildman–Crippen MR) is 96.1 cm³/mol. The fraction of sp³-hybridized carbons (Fsp3) is 0.850. The first-order valence-corrected chi connectivity index (χ1v) is 10.1. The van der Waals surface area contributed by atoms with E-state index in [0.717, 1.165) is 25.7 Å². The highest BCUT2D eigenvalue weighted by Crippen LogP contribution is 2.42. The lowest BCUT2D eigenvalue weighted by Gasteiger charge is -2.36. The summed E-state index contributed by atoms with van der Waals surface area (Å²) in [5.74, 6) is 0.242. The molecule has 0 aromatic heterocycles. The van der Waals surface area contributed by atoms with Gasteiger partial charge >= 0.3 is 6.03 Å². The van der Waals surface area contributed by atoms with Crippen LogP contribution in [0.15, 0.2) is 0 Å². The van der Waals surface area contributed by atoms with Crippen LogP contribution in [-0.2, 0) is 9.47 Å². The van der Waals surface area contributed by atoms with Gasteiger partial charge in [0.05, 0.1) is 37.1 Å². The first kappa shape index (κ1) is 18.5. The van der Waals surface area contributed by atoms with E-state index in [4.69, 9.17) is 9.47 Å². The second-order valence-electron chi connectivity index (χ2n) is 8.90. The zero-order valence-electron chi connectivity index (χ0n) is 16.1. The summed E-state index contributed by atoms with van der Waals surface area (Å²) >= 11 is 0. The summed E-state index contributed by atoms with van der Waals surface area (Å²) in [5.41, 5.74) is 0. The van der Waals surface area contributed by atoms with Crippen molar-refractivity contribution in [1.29, 1.82) is 10.5 Å². The minimum Gasteiger partial charge on any atom is -0.342 e. The number of nitriles is 2. The summed E-state index contributed by atoms with van der Waals surface area (Å²) in [5, 5.41) is 18.9. The molecule has 0 N–H and O–H groups in total. The lowest BCUT2D eigenvalue weighted by molar-refractivity contribution is -0.157. The van der Waals surface area contributed by atoms with Gasteiger partial charge in [0.15, 0.2) is 5.79 Å². The maximum atomic E-state index is 13.6. The Bertz CT molecular complexity index is 620. The number of hydrogen-bond acceptors (Lipinski definition) is 5. The van der Waals surface area contributed by atoms with Gasteiger partial charge in [-0.3, -0.25) is 0 Å². The molecule has 146 valence electrons. The van der Waals surface area contributed by atoms with E-state index in [1.165, 1.54) is 0 Å². The van der Waals surface area contributed by atoms with E-state index in [1.807, 2.05) is 23.6 Å². The van der Waals surface area contributed by atoms with Gasteiger partial charge in [-0.25, -0.2) is 4.79 Å². The van der Waals surface area contributed by atoms with Gasteiger partial charge in [0.2, 0.25) is 0 Å². The molecule has 2 aliphatic heterocycles. The molecule has 0 radical (unpaired) electrons. The quantitative estimate of drug-likeness (QED) is 0.715. The topological polar surface area (TPSA) is 89.6 Å². The lowest BCUT2D eigenvalue weighted by atomic mass is 9.95. The Morgan fingerprint density at radius 2 is 1.33 bits per heavy atom. The number of carbonyl (C=O) groups is 1. The first-order valence-electron chi connectivity index (χ1n) is 10.1. The molecule has 2 heterocycles. The monoisotopic (exact) mass is 372 g/mol. The summed E-state index contributed by atoms with van der Waals surface area (Å²) in [6.45, 7) is 5.07. The standard InChI is InChI=1S/C20H28N4O3/c1-20(2)26-17-15(7-9-21)23(11-13-3-4-13)19(25)24(12-14-5-6-14)16(8-10-22)18(17)27-20/h13-18H,3-8,11-12H2,1-2H3/t15-,16-,17+,18+/m1/s1. The molecule has 2 amide bonds. The van der Waals surface area contributed by atoms with E-state index < -0.39 is 5.79 Å². The van der Waals surface area contributed by atoms with E-state index >= 15 is 0 Å². The number of urea groups is 1. The highest BCUT2D eigenvalue weighted by molar-refractivity contribution is 5.76. The number of ether oxygens (including phenoxy) is 2. The number of fused-ring (bicyclic) bond motifs is 1. The van der Waals surface area contributed by atoms with Crippen molar-refractivity contribution in [2.45, 2.75) is 82.5 Å². The smallest absolute Gasteiger partial charge is 0.320 e. The average Bonchev–Trinajstić information content (AvgIpc) is 3.52. The van der Waals surface area contributed by atoms with Gasteiger partial charge < -0.3 is 19.3 Å². The zero-order valence-corrected chi connectivity index (χ0v) is 16.1. The third kappa shape index (κ3) is 3.77. The molecule has 7 heteroatoms. The molecule has 4 aliphatic rings. The number of carbonyl (C=O) groups excluding carboxylic acids is 1. The van der Waals surface area contributed by atoms with E-state index in [2.05, 4.69) is 12.1 Å². The highest BCUT2D eigenvalue weighted by atomic mass is 16.8. The van der Waals surface area contributed by atoms with E-state index in [1.54, 1.807) is 0 Å². The zero-order chi connectivity index (χ0) is 19.2. The van der Waals surface area contributed by atoms with Crippen LogP contribution in [-0.4, -0.2) is 59.0 Å². The summed E-state index contributed by atoms with van der Waals surface area (Å²) in [6.07, 6.45) is 4.18. The van der Waals surface area contributed by atoms with Crippen LogP contribution in [0.3, 0.4) is 0 Å². The Labute approximate surface area is 160 Å². The molecule has 4 rings (SSSR count). The number of amides is 2. The second kappa shape index (κ2) is 6.96. The first-order chi connectivity index (χ1) is 12.9. The molecule has 2 saturated heterocycles. The molecule has 2 aliphatic carbocycles. The lowest BCUT2D eigenvalue weighted by Crippen LogP contribution is -2.52.